The summed E-state index contributed by atoms with van der Waals surface area (Å²) in [6.45, 7) is 6.09. The molecule has 11 nitrogen and oxygen atoms in total. The normalized spacial score (nSPS) is 16.7. The Labute approximate surface area is 310 Å². The predicted octanol–water partition coefficient (Wildman–Crippen LogP) is 4.93. The van der Waals surface area contributed by atoms with Gasteiger partial charge in [-0.05, 0) is 66.7 Å². The molecule has 0 aromatic heterocycles. The molecule has 0 saturated carbocycles. The molecule has 2 aromatic carbocycles. The molecule has 0 radical (unpaired) electrons. The van der Waals surface area contributed by atoms with Crippen molar-refractivity contribution < 1.29 is 59.7 Å². The van der Waals surface area contributed by atoms with Gasteiger partial charge in [0.05, 0.1) is 23.1 Å². The highest BCUT2D eigenvalue weighted by Gasteiger charge is 2.38. The first kappa shape index (κ1) is 45.7. The lowest BCUT2D eigenvalue weighted by molar-refractivity contribution is -0.192. The zero-order chi connectivity index (χ0) is 39.8. The van der Waals surface area contributed by atoms with Crippen LogP contribution in [0.25, 0.3) is 0 Å². The number of alkyl halides is 3. The Morgan fingerprint density at radius 3 is 2.19 bits per heavy atom. The Balaban J connectivity index is 0.00000126. The Kier molecular flexibility index (Phi) is 19.0. The number of benzene rings is 2. The largest absolute Gasteiger partial charge is 0.490 e. The van der Waals surface area contributed by atoms with Crippen LogP contribution in [0, 0.1) is 11.6 Å². The van der Waals surface area contributed by atoms with Crippen LogP contribution in [0.1, 0.15) is 63.1 Å². The minimum Gasteiger partial charge on any atom is -0.475 e. The summed E-state index contributed by atoms with van der Waals surface area (Å²) in [6, 6.07) is 8.25. The van der Waals surface area contributed by atoms with Crippen LogP contribution in [0.3, 0.4) is 0 Å². The molecule has 3 rings (SSSR count). The minimum absolute atomic E-state index is 0.00525. The fourth-order valence-corrected chi connectivity index (χ4v) is 8.63. The average Bonchev–Trinajstić information content (AvgIpc) is 3.58. The van der Waals surface area contributed by atoms with Gasteiger partial charge in [-0.2, -0.15) is 24.9 Å². The third kappa shape index (κ3) is 16.6. The molecule has 2 aromatic rings. The number of aliphatic hydroxyl groups excluding tert-OH is 1. The molecule has 1 heterocycles. The van der Waals surface area contributed by atoms with E-state index in [1.807, 2.05) is 38.1 Å². The maximum atomic E-state index is 14.1. The number of amides is 2. The van der Waals surface area contributed by atoms with E-state index in [-0.39, 0.29) is 24.6 Å². The Morgan fingerprint density at radius 1 is 1.00 bits per heavy atom. The van der Waals surface area contributed by atoms with Gasteiger partial charge in [-0.1, -0.05) is 51.5 Å². The molecule has 0 spiro atoms. The van der Waals surface area contributed by atoms with E-state index in [9.17, 15) is 45.1 Å². The highest BCUT2D eigenvalue weighted by atomic mass is 32.2. The van der Waals surface area contributed by atoms with Gasteiger partial charge in [-0.3, -0.25) is 4.79 Å². The van der Waals surface area contributed by atoms with Crippen molar-refractivity contribution in [3.8, 4) is 0 Å². The van der Waals surface area contributed by atoms with Crippen LogP contribution in [0.15, 0.2) is 42.5 Å². The summed E-state index contributed by atoms with van der Waals surface area (Å²) >= 11 is 1.63. The van der Waals surface area contributed by atoms with Gasteiger partial charge in [0.15, 0.2) is 9.84 Å². The number of carboxylic acids is 1. The van der Waals surface area contributed by atoms with Crippen molar-refractivity contribution in [1.82, 2.24) is 16.0 Å². The van der Waals surface area contributed by atoms with Crippen molar-refractivity contribution in [2.75, 3.05) is 23.8 Å². The topological polar surface area (TPSA) is 171 Å². The molecule has 53 heavy (non-hydrogen) atoms. The van der Waals surface area contributed by atoms with E-state index in [1.54, 1.807) is 18.7 Å². The number of aliphatic carboxylic acids is 1. The first-order chi connectivity index (χ1) is 24.9. The average molecular weight is 798 g/mol. The fraction of sp³-hybridized carbons (Fsp3) is 0.571. The van der Waals surface area contributed by atoms with E-state index in [1.165, 1.54) is 0 Å². The highest BCUT2D eigenvalue weighted by molar-refractivity contribution is 7.99. The molecule has 1 unspecified atom stereocenters. The van der Waals surface area contributed by atoms with Crippen molar-refractivity contribution in [2.45, 2.75) is 102 Å². The summed E-state index contributed by atoms with van der Waals surface area (Å²) < 4.78 is 92.1. The summed E-state index contributed by atoms with van der Waals surface area (Å²) in [5, 5.41) is 25.9. The molecule has 0 aliphatic carbocycles. The maximum absolute atomic E-state index is 14.1. The third-order valence-corrected chi connectivity index (χ3v) is 11.8. The van der Waals surface area contributed by atoms with Crippen molar-refractivity contribution in [3.05, 3.63) is 70.8 Å². The van der Waals surface area contributed by atoms with E-state index < -0.39 is 74.8 Å². The molecule has 298 valence electrons. The molecule has 2 amide bonds. The number of halogens is 5. The van der Waals surface area contributed by atoms with Crippen LogP contribution < -0.4 is 16.0 Å². The van der Waals surface area contributed by atoms with E-state index in [4.69, 9.17) is 14.6 Å². The molecule has 1 aliphatic heterocycles. The first-order valence-electron chi connectivity index (χ1n) is 17.2. The molecule has 1 saturated heterocycles. The number of hydrogen-bond acceptors (Lipinski definition) is 9. The molecule has 1 aliphatic rings. The number of thioether (sulfide) groups is 1. The van der Waals surface area contributed by atoms with Crippen LogP contribution in [0.2, 0.25) is 0 Å². The number of carboxylic acid groups (broad SMARTS) is 1. The first-order valence-corrected chi connectivity index (χ1v) is 20.0. The van der Waals surface area contributed by atoms with Crippen molar-refractivity contribution >= 4 is 39.6 Å². The van der Waals surface area contributed by atoms with Gasteiger partial charge in [0.25, 0.3) is 0 Å². The van der Waals surface area contributed by atoms with Gasteiger partial charge in [0, 0.05) is 24.9 Å². The lowest BCUT2D eigenvalue weighted by Crippen LogP contribution is -2.57. The van der Waals surface area contributed by atoms with Gasteiger partial charge in [0.1, 0.15) is 23.8 Å². The number of hydrogen-bond donors (Lipinski definition) is 5. The Morgan fingerprint density at radius 2 is 1.64 bits per heavy atom. The molecular formula is C35H48F5N3O8S2. The van der Waals surface area contributed by atoms with Crippen LogP contribution >= 0.6 is 11.8 Å². The molecule has 18 heteroatoms. The molecule has 0 bridgehead atoms. The second-order valence-corrected chi connectivity index (χ2v) is 16.0. The number of alkyl carbamates (subject to hydrolysis) is 1. The second kappa shape index (κ2) is 22.0. The second-order valence-electron chi connectivity index (χ2n) is 12.5. The number of carbonyl (C=O) groups excluding carboxylic acids is 2. The van der Waals surface area contributed by atoms with Gasteiger partial charge < -0.3 is 30.9 Å². The fourth-order valence-electron chi connectivity index (χ4n) is 5.46. The zero-order valence-corrected chi connectivity index (χ0v) is 31.4. The smallest absolute Gasteiger partial charge is 0.475 e. The number of nitrogens with one attached hydrogen (secondary N) is 3. The molecular weight excluding hydrogens is 750 g/mol. The number of aliphatic hydroxyl groups is 1. The van der Waals surface area contributed by atoms with Crippen LogP contribution in [-0.4, -0.2) is 96.1 Å². The maximum Gasteiger partial charge on any atom is 0.490 e. The quantitative estimate of drug-likeness (QED) is 0.130. The van der Waals surface area contributed by atoms with E-state index in [2.05, 4.69) is 16.0 Å². The van der Waals surface area contributed by atoms with Crippen LogP contribution in [-0.2, 0) is 43.5 Å². The molecule has 5 atom stereocenters. The highest BCUT2D eigenvalue weighted by Crippen LogP contribution is 2.21. The third-order valence-electron chi connectivity index (χ3n) is 8.24. The van der Waals surface area contributed by atoms with Crippen LogP contribution in [0.5, 0.6) is 0 Å². The van der Waals surface area contributed by atoms with Gasteiger partial charge in [-0.15, -0.1) is 0 Å². The molecule has 5 N–H and O–H groups in total. The summed E-state index contributed by atoms with van der Waals surface area (Å²) in [6.07, 6.45) is -4.87. The van der Waals surface area contributed by atoms with E-state index in [0.29, 0.717) is 38.0 Å². The molecule has 1 fully saturated rings. The lowest BCUT2D eigenvalue weighted by Gasteiger charge is -2.28. The SMILES string of the molecule is CCCC(CC)S(=O)(=O)C[C@H](NC(=O)O[C@H]1CCSC1)C(=O)N[C@@H](Cc1cc(F)cc(F)c1)[C@H](O)CNCc1cccc(CC)c1.O=C(O)C(F)(F)F. The van der Waals surface area contributed by atoms with Gasteiger partial charge in [0.2, 0.25) is 5.91 Å². The summed E-state index contributed by atoms with van der Waals surface area (Å²) in [5.41, 5.74) is 2.33. The number of rotatable bonds is 18. The summed E-state index contributed by atoms with van der Waals surface area (Å²) in [7, 11) is -3.84. The van der Waals surface area contributed by atoms with Crippen LogP contribution in [0.4, 0.5) is 26.7 Å². The summed E-state index contributed by atoms with van der Waals surface area (Å²) in [5.74, 6) is -4.49. The van der Waals surface area contributed by atoms with E-state index >= 15 is 0 Å². The number of sulfone groups is 1. The number of carbonyl (C=O) groups is 3. The minimum atomic E-state index is -5.08. The van der Waals surface area contributed by atoms with Crippen molar-refractivity contribution in [3.63, 3.8) is 0 Å². The zero-order valence-electron chi connectivity index (χ0n) is 29.8. The summed E-state index contributed by atoms with van der Waals surface area (Å²) in [4.78, 5) is 35.4. The monoisotopic (exact) mass is 797 g/mol. The number of ether oxygens (including phenoxy) is 1. The standard InChI is InChI=1S/C33H47F2N3O6S2.C2HF3O2/c1-4-8-28(6-3)46(42,43)21-30(38-33(41)44-27-11-12-45-20-27)32(40)37-29(16-24-14-25(34)17-26(35)15-24)31(39)19-36-18-23-10-7-9-22(5-2)13-23;3-2(4,5)1(6)7/h7,9-10,13-15,17,27-31,36,39H,4-6,8,11-12,16,18-21H2,1-3H3,(H,37,40)(H,38,41);(H,6,7)/t27-,28?,29-,30-,31+;/m0./s1. The van der Waals surface area contributed by atoms with Gasteiger partial charge in [-0.25, -0.2) is 26.8 Å². The Hall–Kier alpha value is -3.48. The van der Waals surface area contributed by atoms with Crippen molar-refractivity contribution in [1.29, 1.82) is 0 Å². The van der Waals surface area contributed by atoms with Crippen molar-refractivity contribution in [2.24, 2.45) is 0 Å². The predicted molar refractivity (Wildman–Crippen MR) is 191 cm³/mol. The van der Waals surface area contributed by atoms with Gasteiger partial charge >= 0.3 is 18.2 Å². The van der Waals surface area contributed by atoms with E-state index in [0.717, 1.165) is 41.5 Å². The number of aryl methyl sites for hydroxylation is 1. The lowest BCUT2D eigenvalue weighted by atomic mass is 10.00. The Bertz CT molecular complexity index is 1570.